The zero-order valence-electron chi connectivity index (χ0n) is 19.0. The average molecular weight is 470 g/mol. The molecular formula is C24H27N3O5S. The lowest BCUT2D eigenvalue weighted by Gasteiger charge is -2.17. The molecule has 0 fully saturated rings. The molecule has 1 amide bonds. The largest absolute Gasteiger partial charge is 0.481 e. The van der Waals surface area contributed by atoms with E-state index < -0.39 is 12.1 Å². The van der Waals surface area contributed by atoms with Gasteiger partial charge >= 0.3 is 5.97 Å². The number of ether oxygens (including phenoxy) is 2. The van der Waals surface area contributed by atoms with Crippen molar-refractivity contribution in [2.24, 2.45) is 0 Å². The summed E-state index contributed by atoms with van der Waals surface area (Å²) in [5.74, 6) is -0.983. The van der Waals surface area contributed by atoms with Gasteiger partial charge in [-0.2, -0.15) is 0 Å². The molecule has 0 bridgehead atoms. The van der Waals surface area contributed by atoms with Crippen LogP contribution in [0.25, 0.3) is 10.6 Å². The van der Waals surface area contributed by atoms with E-state index in [4.69, 9.17) is 9.47 Å². The highest BCUT2D eigenvalue weighted by Crippen LogP contribution is 2.27. The number of rotatable bonds is 10. The molecule has 0 radical (unpaired) electrons. The first kappa shape index (κ1) is 24.3. The van der Waals surface area contributed by atoms with Crippen molar-refractivity contribution in [1.82, 2.24) is 15.3 Å². The Labute approximate surface area is 196 Å². The minimum absolute atomic E-state index is 0.150. The summed E-state index contributed by atoms with van der Waals surface area (Å²) in [5.41, 5.74) is 2.63. The van der Waals surface area contributed by atoms with Crippen LogP contribution in [-0.4, -0.2) is 46.3 Å². The highest BCUT2D eigenvalue weighted by molar-refractivity contribution is 7.15. The van der Waals surface area contributed by atoms with Gasteiger partial charge in [-0.3, -0.25) is 4.79 Å². The molecule has 1 unspecified atom stereocenters. The number of aromatic nitrogens is 2. The first-order chi connectivity index (χ1) is 15.8. The van der Waals surface area contributed by atoms with Crippen LogP contribution in [0.5, 0.6) is 5.88 Å². The minimum atomic E-state index is -1.04. The fourth-order valence-corrected chi connectivity index (χ4v) is 4.19. The van der Waals surface area contributed by atoms with Crippen LogP contribution in [-0.2, 0) is 22.5 Å². The monoisotopic (exact) mass is 469 g/mol. The van der Waals surface area contributed by atoms with Crippen LogP contribution in [0.4, 0.5) is 0 Å². The molecule has 2 heterocycles. The quantitative estimate of drug-likeness (QED) is 0.464. The average Bonchev–Trinajstić information content (AvgIpc) is 3.19. The number of aryl methyl sites for hydroxylation is 1. The number of carboxylic acids is 1. The Bertz CT molecular complexity index is 1110. The molecule has 9 heteroatoms. The molecule has 3 aromatic rings. The third-order valence-corrected chi connectivity index (χ3v) is 5.80. The zero-order valence-corrected chi connectivity index (χ0v) is 19.8. The van der Waals surface area contributed by atoms with Crippen LogP contribution >= 0.6 is 11.3 Å². The zero-order chi connectivity index (χ0) is 24.0. The molecule has 2 aromatic heterocycles. The van der Waals surface area contributed by atoms with Crippen molar-refractivity contribution in [3.63, 3.8) is 0 Å². The van der Waals surface area contributed by atoms with Gasteiger partial charge < -0.3 is 19.9 Å². The lowest BCUT2D eigenvalue weighted by atomic mass is 10.1. The third-order valence-electron chi connectivity index (χ3n) is 4.78. The number of carbonyl (C=O) groups excluding carboxylic acids is 1. The molecule has 1 aromatic carbocycles. The van der Waals surface area contributed by atoms with E-state index >= 15 is 0 Å². The third kappa shape index (κ3) is 6.36. The van der Waals surface area contributed by atoms with E-state index in [0.717, 1.165) is 15.4 Å². The molecule has 3 rings (SSSR count). The summed E-state index contributed by atoms with van der Waals surface area (Å²) >= 11 is 1.46. The highest BCUT2D eigenvalue weighted by Gasteiger charge is 2.22. The van der Waals surface area contributed by atoms with E-state index in [0.29, 0.717) is 22.7 Å². The van der Waals surface area contributed by atoms with E-state index in [1.165, 1.54) is 18.4 Å². The first-order valence-electron chi connectivity index (χ1n) is 10.5. The van der Waals surface area contributed by atoms with Gasteiger partial charge in [0.2, 0.25) is 5.88 Å². The number of aliphatic carboxylic acids is 1. The molecule has 1 atom stereocenters. The number of carbonyl (C=O) groups is 2. The van der Waals surface area contributed by atoms with Gasteiger partial charge in [0.1, 0.15) is 10.7 Å². The summed E-state index contributed by atoms with van der Waals surface area (Å²) in [4.78, 5) is 34.0. The normalized spacial score (nSPS) is 11.9. The number of thiazole rings is 1. The van der Waals surface area contributed by atoms with Crippen molar-refractivity contribution >= 4 is 23.2 Å². The van der Waals surface area contributed by atoms with Crippen molar-refractivity contribution in [2.45, 2.75) is 45.9 Å². The summed E-state index contributed by atoms with van der Waals surface area (Å²) in [6.07, 6.45) is 0.493. The standard InChI is InChI=1S/C24H27N3O5S/c1-14(2)32-19(24(29)30)11-16-10-18(22(31-4)26-12-16)13-25-21(28)20-15(3)33-23(27-20)17-8-6-5-7-9-17/h5-10,12,14,19H,11,13H2,1-4H3,(H,25,28)(H,29,30). The second kappa shape index (κ2) is 11.0. The Morgan fingerprint density at radius 3 is 2.58 bits per heavy atom. The topological polar surface area (TPSA) is 111 Å². The number of amides is 1. The van der Waals surface area contributed by atoms with Crippen molar-refractivity contribution < 1.29 is 24.2 Å². The number of nitrogens with zero attached hydrogens (tertiary/aromatic N) is 2. The fraction of sp³-hybridized carbons (Fsp3) is 0.333. The van der Waals surface area contributed by atoms with E-state index in [9.17, 15) is 14.7 Å². The van der Waals surface area contributed by atoms with Crippen LogP contribution in [0.2, 0.25) is 0 Å². The maximum Gasteiger partial charge on any atom is 0.333 e. The van der Waals surface area contributed by atoms with Crippen molar-refractivity contribution in [2.75, 3.05) is 7.11 Å². The molecule has 0 aliphatic rings. The highest BCUT2D eigenvalue weighted by atomic mass is 32.1. The van der Waals surface area contributed by atoms with Crippen molar-refractivity contribution in [1.29, 1.82) is 0 Å². The molecule has 2 N–H and O–H groups in total. The molecule has 0 saturated heterocycles. The van der Waals surface area contributed by atoms with Crippen LogP contribution in [0.1, 0.15) is 40.3 Å². The first-order valence-corrected chi connectivity index (χ1v) is 11.3. The second-order valence-corrected chi connectivity index (χ2v) is 8.90. The SMILES string of the molecule is COc1ncc(CC(OC(C)C)C(=O)O)cc1CNC(=O)c1nc(-c2ccccc2)sc1C. The van der Waals surface area contributed by atoms with Crippen LogP contribution < -0.4 is 10.1 Å². The van der Waals surface area contributed by atoms with Gasteiger partial charge in [-0.15, -0.1) is 11.3 Å². The second-order valence-electron chi connectivity index (χ2n) is 7.70. The van der Waals surface area contributed by atoms with E-state index in [1.807, 2.05) is 37.3 Å². The summed E-state index contributed by atoms with van der Waals surface area (Å²) in [6.45, 7) is 5.59. The van der Waals surface area contributed by atoms with E-state index in [1.54, 1.807) is 26.1 Å². The number of hydrogen-bond donors (Lipinski definition) is 2. The number of pyridine rings is 1. The van der Waals surface area contributed by atoms with Crippen molar-refractivity contribution in [3.05, 3.63) is 64.3 Å². The maximum atomic E-state index is 12.8. The predicted octanol–water partition coefficient (Wildman–Crippen LogP) is 3.87. The molecule has 33 heavy (non-hydrogen) atoms. The Hall–Kier alpha value is -3.30. The molecule has 8 nitrogen and oxygen atoms in total. The molecule has 0 spiro atoms. The van der Waals surface area contributed by atoms with Gasteiger partial charge in [0, 0.05) is 35.2 Å². The molecule has 0 aliphatic carbocycles. The lowest BCUT2D eigenvalue weighted by molar-refractivity contribution is -0.153. The maximum absolute atomic E-state index is 12.8. The summed E-state index contributed by atoms with van der Waals surface area (Å²) in [6, 6.07) is 11.5. The minimum Gasteiger partial charge on any atom is -0.481 e. The number of benzene rings is 1. The number of methoxy groups -OCH3 is 1. The molecule has 0 aliphatic heterocycles. The number of hydrogen-bond acceptors (Lipinski definition) is 7. The Morgan fingerprint density at radius 2 is 1.94 bits per heavy atom. The van der Waals surface area contributed by atoms with E-state index in [2.05, 4.69) is 15.3 Å². The van der Waals surface area contributed by atoms with Crippen LogP contribution in [0, 0.1) is 6.92 Å². The summed E-state index contributed by atoms with van der Waals surface area (Å²) in [7, 11) is 1.49. The van der Waals surface area contributed by atoms with Gasteiger partial charge in [-0.05, 0) is 32.4 Å². The number of nitrogens with one attached hydrogen (secondary N) is 1. The van der Waals surface area contributed by atoms with Gasteiger partial charge in [-0.1, -0.05) is 30.3 Å². The van der Waals surface area contributed by atoms with E-state index in [-0.39, 0.29) is 25.0 Å². The number of carboxylic acid groups (broad SMARTS) is 1. The Balaban J connectivity index is 1.74. The Kier molecular flexibility index (Phi) is 8.13. The fourth-order valence-electron chi connectivity index (χ4n) is 3.28. The summed E-state index contributed by atoms with van der Waals surface area (Å²) < 4.78 is 10.8. The van der Waals surface area contributed by atoms with Gasteiger partial charge in [-0.25, -0.2) is 14.8 Å². The predicted molar refractivity (Wildman–Crippen MR) is 126 cm³/mol. The Morgan fingerprint density at radius 1 is 1.21 bits per heavy atom. The van der Waals surface area contributed by atoms with Crippen LogP contribution in [0.15, 0.2) is 42.6 Å². The molecular weight excluding hydrogens is 442 g/mol. The van der Waals surface area contributed by atoms with Crippen molar-refractivity contribution in [3.8, 4) is 16.5 Å². The smallest absolute Gasteiger partial charge is 0.333 e. The van der Waals surface area contributed by atoms with Gasteiger partial charge in [0.15, 0.2) is 6.10 Å². The van der Waals surface area contributed by atoms with Crippen LogP contribution in [0.3, 0.4) is 0 Å². The van der Waals surface area contributed by atoms with Gasteiger partial charge in [0.25, 0.3) is 5.91 Å². The lowest BCUT2D eigenvalue weighted by Crippen LogP contribution is -2.29. The molecule has 174 valence electrons. The van der Waals surface area contributed by atoms with Gasteiger partial charge in [0.05, 0.1) is 13.2 Å². The summed E-state index contributed by atoms with van der Waals surface area (Å²) in [5, 5.41) is 13.1. The molecule has 0 saturated carbocycles.